The molecule has 0 spiro atoms. The normalized spacial score (nSPS) is 18.7. The molecule has 0 saturated carbocycles. The highest BCUT2D eigenvalue weighted by Gasteiger charge is 2.27. The number of amides is 1. The molecule has 1 unspecified atom stereocenters. The van der Waals surface area contributed by atoms with E-state index in [2.05, 4.69) is 5.43 Å². The van der Waals surface area contributed by atoms with Gasteiger partial charge in [-0.25, -0.2) is 0 Å². The van der Waals surface area contributed by atoms with Crippen molar-refractivity contribution >= 4 is 11.6 Å². The number of benzene rings is 1. The Morgan fingerprint density at radius 2 is 2.37 bits per heavy atom. The third-order valence-corrected chi connectivity index (χ3v) is 3.67. The molecule has 1 saturated heterocycles. The van der Waals surface area contributed by atoms with Crippen molar-refractivity contribution in [3.05, 3.63) is 29.3 Å². The fourth-order valence-corrected chi connectivity index (χ4v) is 2.57. The third kappa shape index (κ3) is 3.05. The molecule has 1 aliphatic rings. The molecule has 1 aromatic rings. The molecule has 2 rings (SSSR count). The highest BCUT2D eigenvalue weighted by Crippen LogP contribution is 2.24. The van der Waals surface area contributed by atoms with Gasteiger partial charge in [0.25, 0.3) is 5.91 Å². The van der Waals surface area contributed by atoms with Crippen LogP contribution in [-0.4, -0.2) is 35.6 Å². The first kappa shape index (κ1) is 13.8. The largest absolute Gasteiger partial charge is 0.396 e. The number of rotatable bonds is 4. The van der Waals surface area contributed by atoms with Crippen LogP contribution in [0.3, 0.4) is 0 Å². The lowest BCUT2D eigenvalue weighted by Crippen LogP contribution is -2.30. The number of hydrogen-bond acceptors (Lipinski definition) is 4. The van der Waals surface area contributed by atoms with Gasteiger partial charge in [0.2, 0.25) is 0 Å². The van der Waals surface area contributed by atoms with Crippen molar-refractivity contribution in [2.75, 3.05) is 25.1 Å². The van der Waals surface area contributed by atoms with Crippen molar-refractivity contribution < 1.29 is 9.90 Å². The van der Waals surface area contributed by atoms with Crippen LogP contribution in [0.15, 0.2) is 18.2 Å². The minimum Gasteiger partial charge on any atom is -0.396 e. The van der Waals surface area contributed by atoms with Gasteiger partial charge in [-0.1, -0.05) is 11.6 Å². The number of nitrogens with zero attached hydrogens (tertiary/aromatic N) is 1. The van der Waals surface area contributed by atoms with Gasteiger partial charge in [0.1, 0.15) is 0 Å². The van der Waals surface area contributed by atoms with E-state index in [1.807, 2.05) is 30.0 Å². The Bertz CT molecular complexity index is 462. The number of likely N-dealkylation sites (tertiary alicyclic amines) is 1. The van der Waals surface area contributed by atoms with E-state index < -0.39 is 0 Å². The summed E-state index contributed by atoms with van der Waals surface area (Å²) in [7, 11) is 0. The second kappa shape index (κ2) is 6.04. The number of anilines is 1. The van der Waals surface area contributed by atoms with Crippen LogP contribution in [0.25, 0.3) is 0 Å². The number of carbonyl (C=O) groups is 1. The molecule has 0 radical (unpaired) electrons. The van der Waals surface area contributed by atoms with Crippen LogP contribution in [0.4, 0.5) is 5.69 Å². The van der Waals surface area contributed by atoms with Gasteiger partial charge in [0.05, 0.1) is 11.3 Å². The van der Waals surface area contributed by atoms with E-state index >= 15 is 0 Å². The lowest BCUT2D eigenvalue weighted by molar-refractivity contribution is 0.0785. The van der Waals surface area contributed by atoms with E-state index in [0.717, 1.165) is 31.5 Å². The molecule has 1 fully saturated rings. The van der Waals surface area contributed by atoms with E-state index in [0.29, 0.717) is 17.2 Å². The number of hydrazine groups is 1. The molecule has 1 heterocycles. The number of carbonyl (C=O) groups excluding carboxylic acids is 1. The summed E-state index contributed by atoms with van der Waals surface area (Å²) in [5.41, 5.74) is 4.88. The van der Waals surface area contributed by atoms with Gasteiger partial charge in [-0.2, -0.15) is 0 Å². The highest BCUT2D eigenvalue weighted by atomic mass is 16.3. The Hall–Kier alpha value is -1.59. The van der Waals surface area contributed by atoms with Gasteiger partial charge in [-0.15, -0.1) is 0 Å². The lowest BCUT2D eigenvalue weighted by Gasteiger charge is -2.18. The van der Waals surface area contributed by atoms with Crippen LogP contribution in [-0.2, 0) is 0 Å². The third-order valence-electron chi connectivity index (χ3n) is 3.67. The van der Waals surface area contributed by atoms with Crippen molar-refractivity contribution in [2.45, 2.75) is 19.8 Å². The molecule has 4 N–H and O–H groups in total. The molecule has 1 aliphatic heterocycles. The number of aliphatic hydroxyl groups excluding tert-OH is 1. The van der Waals surface area contributed by atoms with Crippen LogP contribution >= 0.6 is 0 Å². The summed E-state index contributed by atoms with van der Waals surface area (Å²) < 4.78 is 0. The molecule has 1 atom stereocenters. The Morgan fingerprint density at radius 3 is 3.05 bits per heavy atom. The van der Waals surface area contributed by atoms with Crippen LogP contribution < -0.4 is 11.3 Å². The Balaban J connectivity index is 2.14. The van der Waals surface area contributed by atoms with Gasteiger partial charge < -0.3 is 15.4 Å². The first-order chi connectivity index (χ1) is 9.15. The zero-order valence-corrected chi connectivity index (χ0v) is 11.2. The minimum atomic E-state index is 0.0112. The molecule has 0 bridgehead atoms. The maximum Gasteiger partial charge on any atom is 0.256 e. The van der Waals surface area contributed by atoms with Gasteiger partial charge in [0.15, 0.2) is 0 Å². The SMILES string of the molecule is Cc1ccc(NN)c(C(=O)N2CCC(CCO)C2)c1. The Kier molecular flexibility index (Phi) is 4.39. The fourth-order valence-electron chi connectivity index (χ4n) is 2.57. The van der Waals surface area contributed by atoms with E-state index in [9.17, 15) is 4.79 Å². The minimum absolute atomic E-state index is 0.0112. The van der Waals surface area contributed by atoms with E-state index in [4.69, 9.17) is 10.9 Å². The van der Waals surface area contributed by atoms with Gasteiger partial charge in [-0.05, 0) is 37.8 Å². The van der Waals surface area contributed by atoms with Gasteiger partial charge in [-0.3, -0.25) is 10.6 Å². The van der Waals surface area contributed by atoms with Crippen molar-refractivity contribution in [1.29, 1.82) is 0 Å². The zero-order valence-electron chi connectivity index (χ0n) is 11.2. The second-order valence-electron chi connectivity index (χ2n) is 5.11. The summed E-state index contributed by atoms with van der Waals surface area (Å²) in [6.45, 7) is 3.61. The van der Waals surface area contributed by atoms with Crippen LogP contribution in [0.1, 0.15) is 28.8 Å². The monoisotopic (exact) mass is 263 g/mol. The molecular formula is C14H21N3O2. The molecule has 5 heteroatoms. The van der Waals surface area contributed by atoms with Crippen molar-refractivity contribution in [3.8, 4) is 0 Å². The standard InChI is InChI=1S/C14H21N3O2/c1-10-2-3-13(16-15)12(8-10)14(19)17-6-4-11(9-17)5-7-18/h2-3,8,11,16,18H,4-7,9,15H2,1H3. The topological polar surface area (TPSA) is 78.6 Å². The number of hydrogen-bond donors (Lipinski definition) is 3. The number of nitrogen functional groups attached to an aromatic ring is 1. The van der Waals surface area contributed by atoms with E-state index in [-0.39, 0.29) is 12.5 Å². The average Bonchev–Trinajstić information content (AvgIpc) is 2.87. The number of aryl methyl sites for hydroxylation is 1. The molecule has 0 aromatic heterocycles. The zero-order chi connectivity index (χ0) is 13.8. The summed E-state index contributed by atoms with van der Waals surface area (Å²) >= 11 is 0. The summed E-state index contributed by atoms with van der Waals surface area (Å²) in [4.78, 5) is 14.3. The molecule has 0 aliphatic carbocycles. The first-order valence-electron chi connectivity index (χ1n) is 6.63. The summed E-state index contributed by atoms with van der Waals surface area (Å²) in [6, 6.07) is 5.60. The molecule has 19 heavy (non-hydrogen) atoms. The van der Waals surface area contributed by atoms with Crippen molar-refractivity contribution in [2.24, 2.45) is 11.8 Å². The van der Waals surface area contributed by atoms with Gasteiger partial charge in [0, 0.05) is 19.7 Å². The molecule has 1 amide bonds. The van der Waals surface area contributed by atoms with Crippen LogP contribution in [0, 0.1) is 12.8 Å². The van der Waals surface area contributed by atoms with Crippen LogP contribution in [0.5, 0.6) is 0 Å². The maximum absolute atomic E-state index is 12.5. The summed E-state index contributed by atoms with van der Waals surface area (Å²) in [5.74, 6) is 5.88. The molecule has 104 valence electrons. The number of nitrogens with one attached hydrogen (secondary N) is 1. The van der Waals surface area contributed by atoms with Crippen molar-refractivity contribution in [1.82, 2.24) is 4.90 Å². The molecule has 5 nitrogen and oxygen atoms in total. The number of nitrogens with two attached hydrogens (primary N) is 1. The molecular weight excluding hydrogens is 242 g/mol. The maximum atomic E-state index is 12.5. The first-order valence-corrected chi connectivity index (χ1v) is 6.63. The summed E-state index contributed by atoms with van der Waals surface area (Å²) in [5, 5.41) is 8.96. The van der Waals surface area contributed by atoms with E-state index in [1.54, 1.807) is 0 Å². The fraction of sp³-hybridized carbons (Fsp3) is 0.500. The quantitative estimate of drug-likeness (QED) is 0.562. The van der Waals surface area contributed by atoms with Crippen molar-refractivity contribution in [3.63, 3.8) is 0 Å². The predicted octanol–water partition coefficient (Wildman–Crippen LogP) is 1.13. The second-order valence-corrected chi connectivity index (χ2v) is 5.11. The van der Waals surface area contributed by atoms with Crippen LogP contribution in [0.2, 0.25) is 0 Å². The Morgan fingerprint density at radius 1 is 1.58 bits per heavy atom. The Labute approximate surface area is 113 Å². The summed E-state index contributed by atoms with van der Waals surface area (Å²) in [6.07, 6.45) is 1.73. The van der Waals surface area contributed by atoms with Gasteiger partial charge >= 0.3 is 0 Å². The predicted molar refractivity (Wildman–Crippen MR) is 74.7 cm³/mol. The van der Waals surface area contributed by atoms with E-state index in [1.165, 1.54) is 0 Å². The smallest absolute Gasteiger partial charge is 0.256 e. The average molecular weight is 263 g/mol. The highest BCUT2D eigenvalue weighted by molar-refractivity contribution is 5.99. The lowest BCUT2D eigenvalue weighted by atomic mass is 10.1. The number of aliphatic hydroxyl groups is 1. The molecule has 1 aromatic carbocycles.